The largest absolute Gasteiger partial charge is 0.507 e. The maximum Gasteiger partial charge on any atom is 0.165 e. The van der Waals surface area contributed by atoms with Gasteiger partial charge in [0, 0.05) is 61.2 Å². The summed E-state index contributed by atoms with van der Waals surface area (Å²) in [6.45, 7) is 25.4. The van der Waals surface area contributed by atoms with Crippen LogP contribution in [0.2, 0.25) is 0 Å². The molecule has 0 amide bonds. The lowest BCUT2D eigenvalue weighted by Crippen LogP contribution is -2.13. The van der Waals surface area contributed by atoms with Crippen LogP contribution >= 0.6 is 0 Å². The molecule has 8 bridgehead atoms. The number of benzene rings is 4. The van der Waals surface area contributed by atoms with Crippen molar-refractivity contribution in [2.75, 3.05) is 0 Å². The highest BCUT2D eigenvalue weighted by atomic mass is 16.3. The Labute approximate surface area is 391 Å². The van der Waals surface area contributed by atoms with Crippen molar-refractivity contribution < 1.29 is 15.3 Å². The third kappa shape index (κ3) is 7.96. The molecule has 3 aromatic heterocycles. The third-order valence-corrected chi connectivity index (χ3v) is 12.2. The van der Waals surface area contributed by atoms with Crippen molar-refractivity contribution in [3.05, 3.63) is 149 Å². The molecule has 0 saturated heterocycles. The number of hydrogen-bond acceptors (Lipinski definition) is 9. The average molecular weight is 891 g/mol. The van der Waals surface area contributed by atoms with E-state index in [9.17, 15) is 15.3 Å². The second-order valence-corrected chi connectivity index (χ2v) is 21.5. The van der Waals surface area contributed by atoms with Crippen molar-refractivity contribution in [3.8, 4) is 39.5 Å². The molecule has 0 saturated carbocycles. The number of aromatic amines is 2. The van der Waals surface area contributed by atoms with E-state index in [0.717, 1.165) is 33.4 Å². The van der Waals surface area contributed by atoms with Crippen LogP contribution < -0.4 is 0 Å². The topological polar surface area (TPSA) is 170 Å². The van der Waals surface area contributed by atoms with Crippen LogP contribution in [0.5, 0.6) is 17.2 Å². The monoisotopic (exact) mass is 890 g/mol. The smallest absolute Gasteiger partial charge is 0.165 e. The number of phenolic OH excluding ortho intramolecular Hbond substituents is 3. The second kappa shape index (κ2) is 15.9. The number of nitrogens with one attached hydrogen (secondary N) is 2. The summed E-state index contributed by atoms with van der Waals surface area (Å²) in [6.07, 6.45) is 0. The van der Waals surface area contributed by atoms with Crippen LogP contribution in [0.3, 0.4) is 0 Å². The number of H-pyrrole nitrogens is 2. The predicted octanol–water partition coefficient (Wildman–Crippen LogP) is 13.0. The molecule has 67 heavy (non-hydrogen) atoms. The Morgan fingerprint density at radius 2 is 0.687 bits per heavy atom. The minimum Gasteiger partial charge on any atom is -0.507 e. The number of phenols is 3. The molecule has 0 spiro atoms. The molecular weight excluding hydrogens is 833 g/mol. The summed E-state index contributed by atoms with van der Waals surface area (Å²) in [5.74, 6) is 1.85. The van der Waals surface area contributed by atoms with E-state index in [0.29, 0.717) is 79.3 Å². The quantitative estimate of drug-likeness (QED) is 0.115. The minimum atomic E-state index is -0.588. The number of hydrogen-bond donors (Lipinski definition) is 5. The highest BCUT2D eigenvalue weighted by Crippen LogP contribution is 2.50. The molecule has 0 unspecified atom stereocenters. The summed E-state index contributed by atoms with van der Waals surface area (Å²) >= 11 is 0. The predicted molar refractivity (Wildman–Crippen MR) is 269 cm³/mol. The Kier molecular flexibility index (Phi) is 10.6. The van der Waals surface area contributed by atoms with Gasteiger partial charge in [0.1, 0.15) is 39.8 Å². The summed E-state index contributed by atoms with van der Waals surface area (Å²) in [4.78, 5) is 39.9. The zero-order chi connectivity index (χ0) is 48.0. The molecule has 340 valence electrons. The molecule has 0 fully saturated rings. The molecule has 5 heterocycles. The lowest BCUT2D eigenvalue weighted by Gasteiger charge is -2.22. The van der Waals surface area contributed by atoms with E-state index in [1.165, 1.54) is 0 Å². The van der Waals surface area contributed by atoms with E-state index in [1.807, 2.05) is 54.6 Å². The van der Waals surface area contributed by atoms with Crippen molar-refractivity contribution in [1.29, 1.82) is 0 Å². The van der Waals surface area contributed by atoms with Crippen LogP contribution in [0, 0.1) is 10.8 Å². The highest BCUT2D eigenvalue weighted by molar-refractivity contribution is 6.03. The van der Waals surface area contributed by atoms with Crippen LogP contribution in [0.15, 0.2) is 103 Å². The van der Waals surface area contributed by atoms with Gasteiger partial charge in [-0.15, -0.1) is 0 Å². The lowest BCUT2D eigenvalue weighted by atomic mass is 9.81. The minimum absolute atomic E-state index is 0.0649. The van der Waals surface area contributed by atoms with Gasteiger partial charge >= 0.3 is 0 Å². The molecular formula is C56H58N8O3. The molecule has 2 aliphatic heterocycles. The summed E-state index contributed by atoms with van der Waals surface area (Å²) in [5.41, 5.74) is 8.31. The average Bonchev–Trinajstić information content (AvgIpc) is 3.99. The Bertz CT molecular complexity index is 3370. The number of fused-ring (bicyclic) bond motifs is 8. The fourth-order valence-electron chi connectivity index (χ4n) is 9.50. The van der Waals surface area contributed by atoms with E-state index in [-0.39, 0.29) is 17.2 Å². The molecule has 0 atom stereocenters. The molecule has 5 N–H and O–H groups in total. The first-order valence-corrected chi connectivity index (χ1v) is 22.7. The molecule has 9 rings (SSSR count). The van der Waals surface area contributed by atoms with E-state index >= 15 is 0 Å². The van der Waals surface area contributed by atoms with Gasteiger partial charge in [-0.1, -0.05) is 168 Å². The molecule has 7 aromatic rings. The zero-order valence-corrected chi connectivity index (χ0v) is 40.3. The fraction of sp³-hybridized carbons (Fsp3) is 0.286. The van der Waals surface area contributed by atoms with Gasteiger partial charge < -0.3 is 25.3 Å². The number of para-hydroxylation sites is 3. The van der Waals surface area contributed by atoms with Crippen molar-refractivity contribution in [2.24, 2.45) is 10.8 Å². The summed E-state index contributed by atoms with van der Waals surface area (Å²) in [6, 6.07) is 31.9. The van der Waals surface area contributed by atoms with Crippen LogP contribution in [-0.2, 0) is 10.8 Å². The summed E-state index contributed by atoms with van der Waals surface area (Å²) < 4.78 is 0. The van der Waals surface area contributed by atoms with Crippen LogP contribution in [0.4, 0.5) is 0 Å². The van der Waals surface area contributed by atoms with E-state index < -0.39 is 21.7 Å². The standard InChI is InChI=1S/C56H58N8O3/c1-53(2,3)41-37(30-22-14-13-15-23-30)45-57-49(41)59-46-39(32-25-17-20-28-35(32)66)43(55(7,8)9)51(61-46)63-48-40(33-26-18-21-29-36(33)67)44(56(10,11)12)52(64-48)62-47-38(31-24-16-19-27-34(31)65)42(54(4,5)6)50(58-45)60-47/h13-29,65-67H,1-12H3,(H2,57,58,59,60,61,62,63,64). The van der Waals surface area contributed by atoms with Gasteiger partial charge in [-0.25, -0.2) is 29.9 Å². The van der Waals surface area contributed by atoms with E-state index in [2.05, 4.69) is 105 Å². The number of allylic oxidation sites excluding steroid dienone is 2. The Morgan fingerprint density at radius 3 is 1.07 bits per heavy atom. The highest BCUT2D eigenvalue weighted by Gasteiger charge is 2.37. The maximum absolute atomic E-state index is 11.7. The van der Waals surface area contributed by atoms with Crippen molar-refractivity contribution in [1.82, 2.24) is 39.9 Å². The van der Waals surface area contributed by atoms with Gasteiger partial charge in [0.05, 0.1) is 0 Å². The van der Waals surface area contributed by atoms with Gasteiger partial charge in [-0.05, 0) is 45.4 Å². The Morgan fingerprint density at radius 1 is 0.343 bits per heavy atom. The normalized spacial score (nSPS) is 13.7. The van der Waals surface area contributed by atoms with Crippen LogP contribution in [0.1, 0.15) is 129 Å². The van der Waals surface area contributed by atoms with Crippen molar-refractivity contribution in [2.45, 2.75) is 93.9 Å². The number of rotatable bonds is 4. The lowest BCUT2D eigenvalue weighted by molar-refractivity contribution is 0.473. The maximum atomic E-state index is 11.7. The molecule has 4 aromatic carbocycles. The van der Waals surface area contributed by atoms with Crippen molar-refractivity contribution in [3.63, 3.8) is 0 Å². The first kappa shape index (κ1) is 44.8. The molecule has 11 heteroatoms. The van der Waals surface area contributed by atoms with Gasteiger partial charge in [0.15, 0.2) is 23.3 Å². The Hall–Kier alpha value is -7.40. The summed E-state index contributed by atoms with van der Waals surface area (Å²) in [5, 5.41) is 35.0. The third-order valence-electron chi connectivity index (χ3n) is 12.2. The van der Waals surface area contributed by atoms with Crippen molar-refractivity contribution >= 4 is 44.9 Å². The number of aromatic hydroxyl groups is 3. The van der Waals surface area contributed by atoms with Gasteiger partial charge in [0.2, 0.25) is 0 Å². The molecule has 0 aliphatic carbocycles. The van der Waals surface area contributed by atoms with Crippen LogP contribution in [-0.4, -0.2) is 55.2 Å². The van der Waals surface area contributed by atoms with Gasteiger partial charge in [-0.2, -0.15) is 0 Å². The first-order valence-electron chi connectivity index (χ1n) is 22.7. The van der Waals surface area contributed by atoms with Gasteiger partial charge in [0.25, 0.3) is 0 Å². The Balaban J connectivity index is 1.61. The van der Waals surface area contributed by atoms with Crippen LogP contribution in [0.25, 0.3) is 67.1 Å². The molecule has 11 nitrogen and oxygen atoms in total. The zero-order valence-electron chi connectivity index (χ0n) is 40.3. The number of nitrogens with zero attached hydrogens (tertiary/aromatic N) is 6. The summed E-state index contributed by atoms with van der Waals surface area (Å²) in [7, 11) is 0. The SMILES string of the molecule is CC(C)(C)C1=C(c2ccccc2)c2nc1nc1[nH]c(nc3nc(nc4[nH]c(n2)c(C(C)(C)C)c4-c2ccccc2O)C(C(C)(C)C)=C3c2ccccc2O)c(C(C)(C)C)c1-c1ccccc1O. The first-order chi connectivity index (χ1) is 31.5. The van der Waals surface area contributed by atoms with E-state index in [1.54, 1.807) is 36.4 Å². The molecule has 2 aliphatic rings. The molecule has 0 radical (unpaired) electrons. The second-order valence-electron chi connectivity index (χ2n) is 21.5. The number of aromatic nitrogens is 8. The van der Waals surface area contributed by atoms with E-state index in [4.69, 9.17) is 29.9 Å². The van der Waals surface area contributed by atoms with Gasteiger partial charge in [-0.3, -0.25) is 0 Å². The fourth-order valence-corrected chi connectivity index (χ4v) is 9.50.